The Kier molecular flexibility index (Phi) is 3.36. The van der Waals surface area contributed by atoms with Crippen LogP contribution in [0.5, 0.6) is 0 Å². The summed E-state index contributed by atoms with van der Waals surface area (Å²) in [4.78, 5) is 23.5. The van der Waals surface area contributed by atoms with Gasteiger partial charge in [0.2, 0.25) is 0 Å². The molecule has 1 saturated heterocycles. The molecule has 0 amide bonds. The predicted molar refractivity (Wildman–Crippen MR) is 70.7 cm³/mol. The molecule has 7 heteroatoms. The average molecular weight is 285 g/mol. The van der Waals surface area contributed by atoms with Gasteiger partial charge in [0.15, 0.2) is 0 Å². The summed E-state index contributed by atoms with van der Waals surface area (Å²) in [6.07, 6.45) is 1.14. The number of nitro benzene ring substituents is 1. The van der Waals surface area contributed by atoms with E-state index in [2.05, 4.69) is 0 Å². The van der Waals surface area contributed by atoms with Crippen molar-refractivity contribution in [2.75, 3.05) is 11.4 Å². The van der Waals surface area contributed by atoms with Crippen molar-refractivity contribution in [1.29, 1.82) is 0 Å². The summed E-state index contributed by atoms with van der Waals surface area (Å²) in [6, 6.07) is 4.29. The predicted octanol–water partition coefficient (Wildman–Crippen LogP) is 2.69. The SMILES string of the molecule is CC1(C(=O)O)CCCN1c1ccc(Cl)cc1[N+](=O)[O-]. The minimum Gasteiger partial charge on any atom is -0.480 e. The summed E-state index contributed by atoms with van der Waals surface area (Å²) in [5.41, 5.74) is -0.975. The number of carbonyl (C=O) groups is 1. The lowest BCUT2D eigenvalue weighted by Crippen LogP contribution is -2.48. The summed E-state index contributed by atoms with van der Waals surface area (Å²) >= 11 is 5.76. The minimum absolute atomic E-state index is 0.165. The summed E-state index contributed by atoms with van der Waals surface area (Å²) in [7, 11) is 0. The van der Waals surface area contributed by atoms with Crippen LogP contribution in [0.25, 0.3) is 0 Å². The van der Waals surface area contributed by atoms with E-state index in [0.717, 1.165) is 0 Å². The van der Waals surface area contributed by atoms with Crippen molar-refractivity contribution in [3.63, 3.8) is 0 Å². The molecule has 1 aliphatic rings. The fourth-order valence-electron chi connectivity index (χ4n) is 2.44. The Labute approximate surface area is 114 Å². The Bertz CT molecular complexity index is 549. The van der Waals surface area contributed by atoms with Gasteiger partial charge >= 0.3 is 5.97 Å². The molecule has 1 aromatic carbocycles. The smallest absolute Gasteiger partial charge is 0.329 e. The van der Waals surface area contributed by atoms with E-state index in [1.165, 1.54) is 18.2 Å². The quantitative estimate of drug-likeness (QED) is 0.681. The fraction of sp³-hybridized carbons (Fsp3) is 0.417. The molecule has 1 aromatic rings. The Balaban J connectivity index is 2.53. The van der Waals surface area contributed by atoms with Gasteiger partial charge in [-0.05, 0) is 31.9 Å². The molecule has 1 atom stereocenters. The number of benzene rings is 1. The first-order valence-corrected chi connectivity index (χ1v) is 6.19. The van der Waals surface area contributed by atoms with Gasteiger partial charge in [0.1, 0.15) is 11.2 Å². The molecule has 102 valence electrons. The molecule has 0 aliphatic carbocycles. The zero-order valence-electron chi connectivity index (χ0n) is 10.3. The van der Waals surface area contributed by atoms with E-state index in [4.69, 9.17) is 11.6 Å². The first-order valence-electron chi connectivity index (χ1n) is 5.81. The maximum Gasteiger partial charge on any atom is 0.329 e. The number of anilines is 1. The standard InChI is InChI=1S/C12H13ClN2O4/c1-12(11(16)17)5-2-6-14(12)9-4-3-8(13)7-10(9)15(18)19/h3-4,7H,2,5-6H2,1H3,(H,16,17). The fourth-order valence-corrected chi connectivity index (χ4v) is 2.61. The van der Waals surface area contributed by atoms with Crippen molar-refractivity contribution >= 4 is 28.9 Å². The van der Waals surface area contributed by atoms with E-state index >= 15 is 0 Å². The summed E-state index contributed by atoms with van der Waals surface area (Å²) in [6.45, 7) is 2.06. The molecule has 0 bridgehead atoms. The molecule has 1 aliphatic heterocycles. The molecule has 19 heavy (non-hydrogen) atoms. The zero-order valence-corrected chi connectivity index (χ0v) is 11.1. The van der Waals surface area contributed by atoms with Crippen molar-refractivity contribution in [3.05, 3.63) is 33.3 Å². The highest BCUT2D eigenvalue weighted by Gasteiger charge is 2.45. The number of carboxylic acid groups (broad SMARTS) is 1. The maximum absolute atomic E-state index is 11.4. The Morgan fingerprint density at radius 2 is 2.26 bits per heavy atom. The van der Waals surface area contributed by atoms with Crippen LogP contribution in [0, 0.1) is 10.1 Å². The van der Waals surface area contributed by atoms with Crippen molar-refractivity contribution in [2.45, 2.75) is 25.3 Å². The molecule has 6 nitrogen and oxygen atoms in total. The molecule has 0 aromatic heterocycles. The van der Waals surface area contributed by atoms with Crippen LogP contribution in [0.1, 0.15) is 19.8 Å². The summed E-state index contributed by atoms with van der Waals surface area (Å²) in [5.74, 6) is -0.978. The molecular formula is C12H13ClN2O4. The summed E-state index contributed by atoms with van der Waals surface area (Å²) in [5, 5.41) is 20.7. The second-order valence-electron chi connectivity index (χ2n) is 4.72. The van der Waals surface area contributed by atoms with Gasteiger partial charge in [-0.2, -0.15) is 0 Å². The number of halogens is 1. The van der Waals surface area contributed by atoms with Crippen LogP contribution < -0.4 is 4.90 Å². The Morgan fingerprint density at radius 3 is 2.84 bits per heavy atom. The number of carboxylic acids is 1. The van der Waals surface area contributed by atoms with Gasteiger partial charge in [-0.15, -0.1) is 0 Å². The second-order valence-corrected chi connectivity index (χ2v) is 5.16. The lowest BCUT2D eigenvalue weighted by Gasteiger charge is -2.32. The molecule has 0 saturated carbocycles. The number of aliphatic carboxylic acids is 1. The van der Waals surface area contributed by atoms with Crippen LogP contribution in [0.2, 0.25) is 5.02 Å². The van der Waals surface area contributed by atoms with Gasteiger partial charge < -0.3 is 10.0 Å². The molecule has 0 radical (unpaired) electrons. The van der Waals surface area contributed by atoms with Crippen LogP contribution >= 0.6 is 11.6 Å². The molecule has 0 spiro atoms. The van der Waals surface area contributed by atoms with Crippen LogP contribution in [0.3, 0.4) is 0 Å². The van der Waals surface area contributed by atoms with E-state index in [0.29, 0.717) is 25.1 Å². The van der Waals surface area contributed by atoms with E-state index < -0.39 is 16.4 Å². The maximum atomic E-state index is 11.4. The van der Waals surface area contributed by atoms with Gasteiger partial charge in [0.05, 0.1) is 4.92 Å². The third kappa shape index (κ3) is 2.23. The first kappa shape index (κ1) is 13.6. The van der Waals surface area contributed by atoms with Gasteiger partial charge in [-0.1, -0.05) is 11.6 Å². The van der Waals surface area contributed by atoms with Crippen molar-refractivity contribution in [3.8, 4) is 0 Å². The molecule has 1 fully saturated rings. The van der Waals surface area contributed by atoms with Gasteiger partial charge in [0, 0.05) is 17.6 Å². The van der Waals surface area contributed by atoms with E-state index in [9.17, 15) is 20.0 Å². The number of nitro groups is 1. The lowest BCUT2D eigenvalue weighted by atomic mass is 9.98. The molecule has 1 N–H and O–H groups in total. The number of nitrogens with zero attached hydrogens (tertiary/aromatic N) is 2. The number of rotatable bonds is 3. The number of hydrogen-bond donors (Lipinski definition) is 1. The topological polar surface area (TPSA) is 83.7 Å². The monoisotopic (exact) mass is 284 g/mol. The largest absolute Gasteiger partial charge is 0.480 e. The molecule has 1 unspecified atom stereocenters. The highest BCUT2D eigenvalue weighted by molar-refractivity contribution is 6.30. The van der Waals surface area contributed by atoms with Crippen molar-refractivity contribution in [1.82, 2.24) is 0 Å². The third-order valence-corrected chi connectivity index (χ3v) is 3.76. The molecular weight excluding hydrogens is 272 g/mol. The van der Waals surface area contributed by atoms with Gasteiger partial charge in [0.25, 0.3) is 5.69 Å². The first-order chi connectivity index (χ1) is 8.86. The van der Waals surface area contributed by atoms with Crippen LogP contribution in [-0.2, 0) is 4.79 Å². The highest BCUT2D eigenvalue weighted by Crippen LogP contribution is 2.40. The Morgan fingerprint density at radius 1 is 1.58 bits per heavy atom. The third-order valence-electron chi connectivity index (χ3n) is 3.53. The Hall–Kier alpha value is -1.82. The second kappa shape index (κ2) is 4.70. The molecule has 2 rings (SSSR count). The van der Waals surface area contributed by atoms with Crippen LogP contribution in [0.15, 0.2) is 18.2 Å². The van der Waals surface area contributed by atoms with Crippen molar-refractivity contribution < 1.29 is 14.8 Å². The minimum atomic E-state index is -1.11. The van der Waals surface area contributed by atoms with Gasteiger partial charge in [-0.25, -0.2) is 4.79 Å². The van der Waals surface area contributed by atoms with Crippen LogP contribution in [-0.4, -0.2) is 28.1 Å². The zero-order chi connectivity index (χ0) is 14.2. The number of hydrogen-bond acceptors (Lipinski definition) is 4. The van der Waals surface area contributed by atoms with E-state index in [-0.39, 0.29) is 10.7 Å². The summed E-state index contributed by atoms with van der Waals surface area (Å²) < 4.78 is 0. The van der Waals surface area contributed by atoms with Crippen molar-refractivity contribution in [2.24, 2.45) is 0 Å². The van der Waals surface area contributed by atoms with Crippen LogP contribution in [0.4, 0.5) is 11.4 Å². The average Bonchev–Trinajstić information content (AvgIpc) is 2.72. The highest BCUT2D eigenvalue weighted by atomic mass is 35.5. The molecule has 1 heterocycles. The lowest BCUT2D eigenvalue weighted by molar-refractivity contribution is -0.384. The normalized spacial score (nSPS) is 22.5. The van der Waals surface area contributed by atoms with E-state index in [1.807, 2.05) is 0 Å². The van der Waals surface area contributed by atoms with Gasteiger partial charge in [-0.3, -0.25) is 10.1 Å². The van der Waals surface area contributed by atoms with E-state index in [1.54, 1.807) is 11.8 Å².